The van der Waals surface area contributed by atoms with Gasteiger partial charge in [-0.15, -0.1) is 0 Å². The second-order valence-corrected chi connectivity index (χ2v) is 5.85. The molecule has 1 heterocycles. The van der Waals surface area contributed by atoms with E-state index in [0.29, 0.717) is 17.5 Å². The van der Waals surface area contributed by atoms with Crippen LogP contribution >= 0.6 is 0 Å². The van der Waals surface area contributed by atoms with Gasteiger partial charge in [-0.3, -0.25) is 4.90 Å². The number of hydrogen-bond acceptors (Lipinski definition) is 2. The third kappa shape index (κ3) is 2.73. The first-order valence-electron chi connectivity index (χ1n) is 6.65. The zero-order chi connectivity index (χ0) is 10.9. The summed E-state index contributed by atoms with van der Waals surface area (Å²) in [7, 11) is 0. The Balaban J connectivity index is 1.84. The van der Waals surface area contributed by atoms with Gasteiger partial charge in [0, 0.05) is 18.6 Å². The van der Waals surface area contributed by atoms with Gasteiger partial charge in [-0.05, 0) is 51.0 Å². The van der Waals surface area contributed by atoms with Crippen LogP contribution in [-0.4, -0.2) is 30.1 Å². The maximum absolute atomic E-state index is 6.00. The molecule has 1 aliphatic heterocycles. The van der Waals surface area contributed by atoms with Gasteiger partial charge in [-0.1, -0.05) is 13.3 Å². The van der Waals surface area contributed by atoms with Crippen molar-refractivity contribution in [1.29, 1.82) is 0 Å². The average molecular weight is 210 g/mol. The molecule has 2 rings (SSSR count). The van der Waals surface area contributed by atoms with E-state index in [1.54, 1.807) is 0 Å². The standard InChI is InChI=1S/C13H26N2/c1-3-5-13(6-7-13)10-15-8-4-12(14)9-11(15)2/h11-12H,3-10,14H2,1-2H3. The molecule has 88 valence electrons. The number of hydrogen-bond donors (Lipinski definition) is 1. The Labute approximate surface area is 94.2 Å². The van der Waals surface area contributed by atoms with Crippen LogP contribution in [0.25, 0.3) is 0 Å². The second-order valence-electron chi connectivity index (χ2n) is 5.85. The van der Waals surface area contributed by atoms with Crippen LogP contribution in [0.1, 0.15) is 52.4 Å². The molecule has 2 nitrogen and oxygen atoms in total. The SMILES string of the molecule is CCCC1(CN2CCC(N)CC2C)CC1. The van der Waals surface area contributed by atoms with Crippen molar-refractivity contribution in [3.63, 3.8) is 0 Å². The summed E-state index contributed by atoms with van der Waals surface area (Å²) in [6, 6.07) is 1.17. The summed E-state index contributed by atoms with van der Waals surface area (Å²) in [4.78, 5) is 2.69. The van der Waals surface area contributed by atoms with Crippen molar-refractivity contribution < 1.29 is 0 Å². The van der Waals surface area contributed by atoms with Gasteiger partial charge >= 0.3 is 0 Å². The summed E-state index contributed by atoms with van der Waals surface area (Å²) in [5.41, 5.74) is 6.71. The van der Waals surface area contributed by atoms with Crippen molar-refractivity contribution in [3.8, 4) is 0 Å². The Morgan fingerprint density at radius 2 is 2.13 bits per heavy atom. The molecule has 0 spiro atoms. The van der Waals surface area contributed by atoms with E-state index in [0.717, 1.165) is 0 Å². The molecule has 2 unspecified atom stereocenters. The lowest BCUT2D eigenvalue weighted by Gasteiger charge is -2.38. The Morgan fingerprint density at radius 3 is 2.67 bits per heavy atom. The van der Waals surface area contributed by atoms with E-state index in [1.165, 1.54) is 51.6 Å². The molecule has 0 amide bonds. The Bertz CT molecular complexity index is 211. The van der Waals surface area contributed by atoms with Crippen molar-refractivity contribution in [2.45, 2.75) is 64.5 Å². The lowest BCUT2D eigenvalue weighted by molar-refractivity contribution is 0.115. The highest BCUT2D eigenvalue weighted by atomic mass is 15.2. The van der Waals surface area contributed by atoms with Crippen molar-refractivity contribution >= 4 is 0 Å². The molecule has 2 N–H and O–H groups in total. The minimum Gasteiger partial charge on any atom is -0.328 e. The van der Waals surface area contributed by atoms with Crippen LogP contribution < -0.4 is 5.73 Å². The number of piperidine rings is 1. The highest BCUT2D eigenvalue weighted by Gasteiger charge is 2.43. The zero-order valence-electron chi connectivity index (χ0n) is 10.3. The molecule has 1 saturated carbocycles. The van der Waals surface area contributed by atoms with Crippen LogP contribution in [0, 0.1) is 5.41 Å². The van der Waals surface area contributed by atoms with Crippen molar-refractivity contribution in [2.75, 3.05) is 13.1 Å². The quantitative estimate of drug-likeness (QED) is 0.772. The maximum Gasteiger partial charge on any atom is 0.00819 e. The predicted octanol–water partition coefficient (Wildman–Crippen LogP) is 2.38. The lowest BCUT2D eigenvalue weighted by atomic mass is 9.94. The molecular weight excluding hydrogens is 184 g/mol. The molecule has 0 aromatic heterocycles. The summed E-state index contributed by atoms with van der Waals surface area (Å²) >= 11 is 0. The fourth-order valence-electron chi connectivity index (χ4n) is 3.12. The fourth-order valence-corrected chi connectivity index (χ4v) is 3.12. The van der Waals surface area contributed by atoms with Gasteiger partial charge in [0.1, 0.15) is 0 Å². The van der Waals surface area contributed by atoms with Gasteiger partial charge in [0.05, 0.1) is 0 Å². The van der Waals surface area contributed by atoms with Gasteiger partial charge in [-0.2, -0.15) is 0 Å². The van der Waals surface area contributed by atoms with Crippen LogP contribution in [0.2, 0.25) is 0 Å². The maximum atomic E-state index is 6.00. The zero-order valence-corrected chi connectivity index (χ0v) is 10.3. The Kier molecular flexibility index (Phi) is 3.36. The van der Waals surface area contributed by atoms with Crippen LogP contribution in [0.5, 0.6) is 0 Å². The van der Waals surface area contributed by atoms with Crippen molar-refractivity contribution in [2.24, 2.45) is 11.1 Å². The summed E-state index contributed by atoms with van der Waals surface area (Å²) in [5.74, 6) is 0. The lowest BCUT2D eigenvalue weighted by Crippen LogP contribution is -2.47. The normalized spacial score (nSPS) is 35.4. The van der Waals surface area contributed by atoms with Gasteiger partial charge in [0.2, 0.25) is 0 Å². The molecule has 0 aromatic rings. The minimum atomic E-state index is 0.456. The Morgan fingerprint density at radius 1 is 1.40 bits per heavy atom. The molecule has 0 bridgehead atoms. The molecule has 2 heteroatoms. The first kappa shape index (κ1) is 11.4. The smallest absolute Gasteiger partial charge is 0.00819 e. The third-order valence-electron chi connectivity index (χ3n) is 4.33. The number of rotatable bonds is 4. The topological polar surface area (TPSA) is 29.3 Å². The molecule has 2 aliphatic rings. The van der Waals surface area contributed by atoms with Crippen LogP contribution in [-0.2, 0) is 0 Å². The van der Waals surface area contributed by atoms with Gasteiger partial charge in [-0.25, -0.2) is 0 Å². The van der Waals surface area contributed by atoms with Gasteiger partial charge < -0.3 is 5.73 Å². The monoisotopic (exact) mass is 210 g/mol. The number of nitrogens with two attached hydrogens (primary N) is 1. The fraction of sp³-hybridized carbons (Fsp3) is 1.00. The minimum absolute atomic E-state index is 0.456. The van der Waals surface area contributed by atoms with Gasteiger partial charge in [0.15, 0.2) is 0 Å². The first-order chi connectivity index (χ1) is 7.15. The van der Waals surface area contributed by atoms with E-state index in [-0.39, 0.29) is 0 Å². The molecule has 15 heavy (non-hydrogen) atoms. The van der Waals surface area contributed by atoms with Crippen molar-refractivity contribution in [1.82, 2.24) is 4.90 Å². The third-order valence-corrected chi connectivity index (χ3v) is 4.33. The molecule has 1 saturated heterocycles. The van der Waals surface area contributed by atoms with E-state index in [2.05, 4.69) is 18.7 Å². The van der Waals surface area contributed by atoms with Gasteiger partial charge in [0.25, 0.3) is 0 Å². The van der Waals surface area contributed by atoms with E-state index < -0.39 is 0 Å². The molecule has 2 atom stereocenters. The van der Waals surface area contributed by atoms with E-state index >= 15 is 0 Å². The summed E-state index contributed by atoms with van der Waals surface area (Å²) in [5, 5.41) is 0. The van der Waals surface area contributed by atoms with Crippen LogP contribution in [0.15, 0.2) is 0 Å². The first-order valence-corrected chi connectivity index (χ1v) is 6.65. The summed E-state index contributed by atoms with van der Waals surface area (Å²) in [6.45, 7) is 7.24. The summed E-state index contributed by atoms with van der Waals surface area (Å²) in [6.07, 6.45) is 8.12. The second kappa shape index (κ2) is 4.42. The molecule has 0 radical (unpaired) electrons. The van der Waals surface area contributed by atoms with Crippen LogP contribution in [0.3, 0.4) is 0 Å². The average Bonchev–Trinajstić information content (AvgIpc) is 2.91. The highest BCUT2D eigenvalue weighted by Crippen LogP contribution is 2.50. The Hall–Kier alpha value is -0.0800. The van der Waals surface area contributed by atoms with E-state index in [1.807, 2.05) is 0 Å². The molecule has 1 aliphatic carbocycles. The van der Waals surface area contributed by atoms with Crippen molar-refractivity contribution in [3.05, 3.63) is 0 Å². The molecule has 0 aromatic carbocycles. The van der Waals surface area contributed by atoms with E-state index in [4.69, 9.17) is 5.73 Å². The summed E-state index contributed by atoms with van der Waals surface area (Å²) < 4.78 is 0. The predicted molar refractivity (Wildman–Crippen MR) is 64.8 cm³/mol. The number of likely N-dealkylation sites (tertiary alicyclic amines) is 1. The largest absolute Gasteiger partial charge is 0.328 e. The van der Waals surface area contributed by atoms with Crippen LogP contribution in [0.4, 0.5) is 0 Å². The molecule has 2 fully saturated rings. The molecular formula is C13H26N2. The number of nitrogens with zero attached hydrogens (tertiary/aromatic N) is 1. The van der Waals surface area contributed by atoms with E-state index in [9.17, 15) is 0 Å². The highest BCUT2D eigenvalue weighted by molar-refractivity contribution is 4.97.